The molecule has 1 aromatic heterocycles. The number of amides is 1. The number of likely N-dealkylation sites (tertiary alicyclic amines) is 1. The van der Waals surface area contributed by atoms with E-state index in [2.05, 4.69) is 20.2 Å². The van der Waals surface area contributed by atoms with Crippen molar-refractivity contribution in [2.45, 2.75) is 50.7 Å². The minimum Gasteiger partial charge on any atom is -0.493 e. The molecule has 2 heterocycles. The number of methoxy groups -OCH3 is 1. The zero-order chi connectivity index (χ0) is 27.5. The fourth-order valence-electron chi connectivity index (χ4n) is 5.76. The van der Waals surface area contributed by atoms with Gasteiger partial charge in [0.25, 0.3) is 0 Å². The van der Waals surface area contributed by atoms with Crippen molar-refractivity contribution in [2.75, 3.05) is 39.6 Å². The topological polar surface area (TPSA) is 79.8 Å². The van der Waals surface area contributed by atoms with Crippen molar-refractivity contribution in [3.63, 3.8) is 0 Å². The van der Waals surface area contributed by atoms with Gasteiger partial charge < -0.3 is 19.7 Å². The molecule has 5 rings (SSSR count). The third-order valence-corrected chi connectivity index (χ3v) is 8.11. The van der Waals surface area contributed by atoms with Crippen LogP contribution in [-0.4, -0.2) is 72.1 Å². The van der Waals surface area contributed by atoms with Gasteiger partial charge in [0.2, 0.25) is 5.91 Å². The van der Waals surface area contributed by atoms with Crippen LogP contribution in [0.3, 0.4) is 0 Å². The number of carbonyl (C=O) groups excluding carboxylic acids is 1. The standard InChI is InChI=1S/C29H35ClFN5O3/c1-35(2)29(37)18-6-5-13-36(16-18)19-9-11-20(12-10-19)39-26-14-21-24(15-25(26)38-3)32-17-33-28(21)34-23-8-4-7-22(30)27(23)31/h4,7-8,14-15,17-20H,5-6,9-13,16H2,1-3H3,(H,32,33,34)/t18-,19-,20-/m1/s1. The van der Waals surface area contributed by atoms with Crippen LogP contribution in [0.1, 0.15) is 38.5 Å². The molecule has 1 saturated heterocycles. The summed E-state index contributed by atoms with van der Waals surface area (Å²) < 4.78 is 26.7. The van der Waals surface area contributed by atoms with Gasteiger partial charge in [-0.15, -0.1) is 0 Å². The van der Waals surface area contributed by atoms with E-state index in [9.17, 15) is 9.18 Å². The Labute approximate surface area is 233 Å². The van der Waals surface area contributed by atoms with Crippen molar-refractivity contribution in [2.24, 2.45) is 5.92 Å². The maximum absolute atomic E-state index is 14.6. The lowest BCUT2D eigenvalue weighted by atomic mass is 9.88. The van der Waals surface area contributed by atoms with Crippen LogP contribution >= 0.6 is 11.6 Å². The summed E-state index contributed by atoms with van der Waals surface area (Å²) in [5.74, 6) is 1.42. The molecule has 1 saturated carbocycles. The van der Waals surface area contributed by atoms with Gasteiger partial charge in [0.05, 0.1) is 35.4 Å². The first-order chi connectivity index (χ1) is 18.8. The number of hydrogen-bond acceptors (Lipinski definition) is 7. The number of nitrogens with zero attached hydrogens (tertiary/aromatic N) is 4. The molecular weight excluding hydrogens is 521 g/mol. The smallest absolute Gasteiger partial charge is 0.226 e. The van der Waals surface area contributed by atoms with Gasteiger partial charge in [-0.05, 0) is 63.3 Å². The summed E-state index contributed by atoms with van der Waals surface area (Å²) >= 11 is 5.96. The van der Waals surface area contributed by atoms with Gasteiger partial charge in [-0.3, -0.25) is 9.69 Å². The van der Waals surface area contributed by atoms with E-state index >= 15 is 0 Å². The molecule has 39 heavy (non-hydrogen) atoms. The molecule has 0 bridgehead atoms. The van der Waals surface area contributed by atoms with E-state index in [1.54, 1.807) is 24.1 Å². The SMILES string of the molecule is COc1cc2ncnc(Nc3cccc(Cl)c3F)c2cc1O[C@H]1CC[C@H](N2CCC[C@@H](C(=O)N(C)C)C2)CC1. The van der Waals surface area contributed by atoms with E-state index in [1.807, 2.05) is 26.2 Å². The molecule has 1 atom stereocenters. The molecule has 8 nitrogen and oxygen atoms in total. The van der Waals surface area contributed by atoms with Gasteiger partial charge in [-0.25, -0.2) is 14.4 Å². The summed E-state index contributed by atoms with van der Waals surface area (Å²) in [7, 11) is 5.28. The maximum atomic E-state index is 14.6. The first kappa shape index (κ1) is 27.4. The van der Waals surface area contributed by atoms with Crippen LogP contribution < -0.4 is 14.8 Å². The number of nitrogens with one attached hydrogen (secondary N) is 1. The van der Waals surface area contributed by atoms with Crippen LogP contribution in [0.15, 0.2) is 36.7 Å². The Morgan fingerprint density at radius 2 is 1.92 bits per heavy atom. The predicted octanol–water partition coefficient (Wildman–Crippen LogP) is 5.66. The summed E-state index contributed by atoms with van der Waals surface area (Å²) in [6, 6.07) is 8.92. The largest absolute Gasteiger partial charge is 0.493 e. The lowest BCUT2D eigenvalue weighted by Gasteiger charge is -2.41. The van der Waals surface area contributed by atoms with E-state index in [-0.39, 0.29) is 28.6 Å². The molecule has 0 radical (unpaired) electrons. The number of piperidine rings is 1. The third-order valence-electron chi connectivity index (χ3n) is 7.82. The molecule has 1 N–H and O–H groups in total. The van der Waals surface area contributed by atoms with E-state index in [4.69, 9.17) is 21.1 Å². The highest BCUT2D eigenvalue weighted by Crippen LogP contribution is 2.38. The Kier molecular flexibility index (Phi) is 8.37. The lowest BCUT2D eigenvalue weighted by molar-refractivity contribution is -0.135. The third kappa shape index (κ3) is 6.04. The van der Waals surface area contributed by atoms with Crippen molar-refractivity contribution in [3.05, 3.63) is 47.5 Å². The van der Waals surface area contributed by atoms with E-state index < -0.39 is 5.82 Å². The number of anilines is 2. The minimum atomic E-state index is -0.543. The maximum Gasteiger partial charge on any atom is 0.226 e. The highest BCUT2D eigenvalue weighted by molar-refractivity contribution is 6.31. The number of hydrogen-bond donors (Lipinski definition) is 1. The summed E-state index contributed by atoms with van der Waals surface area (Å²) in [6.07, 6.45) is 7.37. The summed E-state index contributed by atoms with van der Waals surface area (Å²) in [5.41, 5.74) is 0.876. The van der Waals surface area contributed by atoms with Gasteiger partial charge in [0.15, 0.2) is 17.3 Å². The second-order valence-corrected chi connectivity index (χ2v) is 11.0. The average molecular weight is 556 g/mol. The molecular formula is C29H35ClFN5O3. The van der Waals surface area contributed by atoms with Crippen LogP contribution in [0.2, 0.25) is 5.02 Å². The molecule has 0 spiro atoms. The molecule has 1 aliphatic carbocycles. The summed E-state index contributed by atoms with van der Waals surface area (Å²) in [4.78, 5) is 25.5. The van der Waals surface area contributed by atoms with Crippen molar-refractivity contribution in [1.29, 1.82) is 0 Å². The first-order valence-corrected chi connectivity index (χ1v) is 13.9. The van der Waals surface area contributed by atoms with Crippen molar-refractivity contribution < 1.29 is 18.7 Å². The van der Waals surface area contributed by atoms with Gasteiger partial charge in [0.1, 0.15) is 12.1 Å². The molecule has 3 aromatic rings. The Hall–Kier alpha value is -3.17. The van der Waals surface area contributed by atoms with Gasteiger partial charge in [-0.1, -0.05) is 17.7 Å². The van der Waals surface area contributed by atoms with Crippen molar-refractivity contribution >= 4 is 39.9 Å². The van der Waals surface area contributed by atoms with Gasteiger partial charge in [0, 0.05) is 38.1 Å². The summed E-state index contributed by atoms with van der Waals surface area (Å²) in [6.45, 7) is 1.89. The molecule has 208 valence electrons. The zero-order valence-electron chi connectivity index (χ0n) is 22.6. The quantitative estimate of drug-likeness (QED) is 0.402. The number of benzene rings is 2. The molecule has 0 unspecified atom stereocenters. The zero-order valence-corrected chi connectivity index (χ0v) is 23.4. The van der Waals surface area contributed by atoms with Crippen LogP contribution in [0.4, 0.5) is 15.9 Å². The summed E-state index contributed by atoms with van der Waals surface area (Å²) in [5, 5.41) is 3.76. The van der Waals surface area contributed by atoms with Gasteiger partial charge in [-0.2, -0.15) is 0 Å². The second kappa shape index (κ2) is 11.9. The number of fused-ring (bicyclic) bond motifs is 1. The highest BCUT2D eigenvalue weighted by Gasteiger charge is 2.33. The Balaban J connectivity index is 1.29. The Morgan fingerprint density at radius 1 is 1.13 bits per heavy atom. The molecule has 2 aromatic carbocycles. The predicted molar refractivity (Wildman–Crippen MR) is 150 cm³/mol. The van der Waals surface area contributed by atoms with Crippen LogP contribution in [0.25, 0.3) is 10.9 Å². The van der Waals surface area contributed by atoms with Crippen LogP contribution in [0, 0.1) is 11.7 Å². The minimum absolute atomic E-state index is 0.0315. The Morgan fingerprint density at radius 3 is 2.67 bits per heavy atom. The van der Waals surface area contributed by atoms with Crippen molar-refractivity contribution in [1.82, 2.24) is 19.8 Å². The molecule has 10 heteroatoms. The number of halogens is 2. The number of rotatable bonds is 7. The van der Waals surface area contributed by atoms with E-state index in [0.717, 1.165) is 51.6 Å². The number of ether oxygens (including phenoxy) is 2. The van der Waals surface area contributed by atoms with Crippen molar-refractivity contribution in [3.8, 4) is 11.5 Å². The molecule has 1 amide bonds. The Bertz CT molecular complexity index is 1330. The van der Waals surface area contributed by atoms with E-state index in [1.165, 1.54) is 12.4 Å². The number of carbonyl (C=O) groups is 1. The van der Waals surface area contributed by atoms with E-state index in [0.29, 0.717) is 34.3 Å². The number of aromatic nitrogens is 2. The second-order valence-electron chi connectivity index (χ2n) is 10.6. The first-order valence-electron chi connectivity index (χ1n) is 13.5. The highest BCUT2D eigenvalue weighted by atomic mass is 35.5. The molecule has 1 aliphatic heterocycles. The van der Waals surface area contributed by atoms with Gasteiger partial charge >= 0.3 is 0 Å². The lowest BCUT2D eigenvalue weighted by Crippen LogP contribution is -2.48. The fourth-order valence-corrected chi connectivity index (χ4v) is 5.93. The molecule has 2 aliphatic rings. The molecule has 2 fully saturated rings. The average Bonchev–Trinajstić information content (AvgIpc) is 2.95. The monoisotopic (exact) mass is 555 g/mol. The normalized spacial score (nSPS) is 21.9. The fraction of sp³-hybridized carbons (Fsp3) is 0.483. The van der Waals surface area contributed by atoms with Crippen LogP contribution in [0.5, 0.6) is 11.5 Å². The van der Waals surface area contributed by atoms with Crippen LogP contribution in [-0.2, 0) is 4.79 Å².